The number of rotatable bonds is 2. The first kappa shape index (κ1) is 12.0. The Morgan fingerprint density at radius 3 is 2.71 bits per heavy atom. The van der Waals surface area contributed by atoms with E-state index in [0.29, 0.717) is 0 Å². The molecule has 2 rings (SSSR count). The number of alkyl halides is 2. The number of hydrogen-bond acceptors (Lipinski definition) is 1. The lowest BCUT2D eigenvalue weighted by Gasteiger charge is -2.03. The highest BCUT2D eigenvalue weighted by Gasteiger charge is 2.20. The fraction of sp³-hybridized carbons (Fsp3) is 0.182. The summed E-state index contributed by atoms with van der Waals surface area (Å²) in [6.45, 7) is 0. The van der Waals surface area contributed by atoms with Gasteiger partial charge in [-0.3, -0.25) is 4.68 Å². The SMILES string of the molecule is Cn1cc(C(F)F)c(-c2cc(Cl)ccc2F)n1. The quantitative estimate of drug-likeness (QED) is 0.803. The number of aromatic nitrogens is 2. The summed E-state index contributed by atoms with van der Waals surface area (Å²) in [5, 5.41) is 4.11. The molecule has 1 aromatic heterocycles. The second-order valence-corrected chi connectivity index (χ2v) is 3.97. The number of halogens is 4. The highest BCUT2D eigenvalue weighted by Crippen LogP contribution is 2.32. The van der Waals surface area contributed by atoms with Gasteiger partial charge in [0.05, 0.1) is 5.56 Å². The van der Waals surface area contributed by atoms with Gasteiger partial charge in [-0.25, -0.2) is 13.2 Å². The molecule has 2 nitrogen and oxygen atoms in total. The average Bonchev–Trinajstić information content (AvgIpc) is 2.64. The molecule has 90 valence electrons. The minimum absolute atomic E-state index is 0.0200. The Morgan fingerprint density at radius 1 is 1.35 bits per heavy atom. The van der Waals surface area contributed by atoms with Crippen molar-refractivity contribution in [2.24, 2.45) is 7.05 Å². The average molecular weight is 261 g/mol. The van der Waals surface area contributed by atoms with Crippen molar-refractivity contribution in [3.8, 4) is 11.3 Å². The van der Waals surface area contributed by atoms with Crippen molar-refractivity contribution < 1.29 is 13.2 Å². The molecule has 0 aliphatic heterocycles. The third kappa shape index (κ3) is 2.29. The molecule has 0 amide bonds. The summed E-state index contributed by atoms with van der Waals surface area (Å²) in [7, 11) is 1.50. The zero-order valence-electron chi connectivity index (χ0n) is 8.79. The summed E-state index contributed by atoms with van der Waals surface area (Å²) in [5.41, 5.74) is -0.412. The standard InChI is InChI=1S/C11H8ClF3N2/c1-17-5-8(11(14)15)10(16-17)7-4-6(12)2-3-9(7)13/h2-5,11H,1H3. The van der Waals surface area contributed by atoms with Crippen LogP contribution in [0.4, 0.5) is 13.2 Å². The van der Waals surface area contributed by atoms with Crippen molar-refractivity contribution in [2.45, 2.75) is 6.43 Å². The second kappa shape index (κ2) is 4.41. The van der Waals surface area contributed by atoms with Crippen molar-refractivity contribution in [2.75, 3.05) is 0 Å². The molecule has 2 aromatic rings. The molecule has 0 radical (unpaired) electrons. The van der Waals surface area contributed by atoms with Crippen molar-refractivity contribution in [3.05, 3.63) is 40.8 Å². The fourth-order valence-electron chi connectivity index (χ4n) is 1.55. The minimum Gasteiger partial charge on any atom is -0.275 e. The molecule has 0 saturated carbocycles. The predicted octanol–water partition coefficient (Wildman–Crippen LogP) is 3.82. The summed E-state index contributed by atoms with van der Waals surface area (Å²) in [6.07, 6.45) is -1.54. The van der Waals surface area contributed by atoms with Crippen LogP contribution in [0.2, 0.25) is 5.02 Å². The molecule has 0 fully saturated rings. The monoisotopic (exact) mass is 260 g/mol. The van der Waals surface area contributed by atoms with Gasteiger partial charge in [0.2, 0.25) is 0 Å². The Balaban J connectivity index is 2.63. The number of nitrogens with zero attached hydrogens (tertiary/aromatic N) is 2. The molecule has 1 heterocycles. The van der Waals surface area contributed by atoms with Crippen LogP contribution in [0, 0.1) is 5.82 Å². The van der Waals surface area contributed by atoms with Crippen LogP contribution in [0.15, 0.2) is 24.4 Å². The Bertz CT molecular complexity index is 552. The summed E-state index contributed by atoms with van der Waals surface area (Å²) >= 11 is 5.72. The molecule has 0 atom stereocenters. The van der Waals surface area contributed by atoms with Gasteiger partial charge in [-0.1, -0.05) is 11.6 Å². The van der Waals surface area contributed by atoms with Gasteiger partial charge < -0.3 is 0 Å². The first-order valence-electron chi connectivity index (χ1n) is 4.76. The van der Waals surface area contributed by atoms with Crippen LogP contribution in [-0.2, 0) is 7.05 Å². The van der Waals surface area contributed by atoms with E-state index in [1.807, 2.05) is 0 Å². The van der Waals surface area contributed by atoms with Crippen LogP contribution in [0.5, 0.6) is 0 Å². The molecular formula is C11H8ClF3N2. The van der Waals surface area contributed by atoms with E-state index >= 15 is 0 Å². The normalized spacial score (nSPS) is 11.2. The summed E-state index contributed by atoms with van der Waals surface area (Å²) in [4.78, 5) is 0. The molecule has 1 aromatic carbocycles. The molecule has 0 unspecified atom stereocenters. The van der Waals surface area contributed by atoms with Crippen LogP contribution >= 0.6 is 11.6 Å². The van der Waals surface area contributed by atoms with Gasteiger partial charge in [-0.2, -0.15) is 5.10 Å². The number of benzene rings is 1. The molecule has 0 saturated heterocycles. The van der Waals surface area contributed by atoms with Crippen LogP contribution in [0.25, 0.3) is 11.3 Å². The predicted molar refractivity (Wildman–Crippen MR) is 58.6 cm³/mol. The summed E-state index contributed by atoms with van der Waals surface area (Å²) in [6, 6.07) is 3.76. The number of aryl methyl sites for hydroxylation is 1. The van der Waals surface area contributed by atoms with Gasteiger partial charge in [0.15, 0.2) is 0 Å². The van der Waals surface area contributed by atoms with Gasteiger partial charge in [0.25, 0.3) is 6.43 Å². The Labute approximate surface area is 101 Å². The minimum atomic E-state index is -2.71. The lowest BCUT2D eigenvalue weighted by molar-refractivity contribution is 0.152. The van der Waals surface area contributed by atoms with E-state index < -0.39 is 12.2 Å². The van der Waals surface area contributed by atoms with Crippen LogP contribution < -0.4 is 0 Å². The highest BCUT2D eigenvalue weighted by atomic mass is 35.5. The molecule has 0 aliphatic carbocycles. The van der Waals surface area contributed by atoms with Crippen molar-refractivity contribution >= 4 is 11.6 Å². The van der Waals surface area contributed by atoms with Gasteiger partial charge in [0.1, 0.15) is 11.5 Å². The first-order valence-corrected chi connectivity index (χ1v) is 5.14. The molecule has 17 heavy (non-hydrogen) atoms. The summed E-state index contributed by atoms with van der Waals surface area (Å²) < 4.78 is 40.3. The van der Waals surface area contributed by atoms with E-state index in [4.69, 9.17) is 11.6 Å². The molecule has 0 aliphatic rings. The zero-order valence-corrected chi connectivity index (χ0v) is 9.55. The van der Waals surface area contributed by atoms with Crippen molar-refractivity contribution in [1.82, 2.24) is 9.78 Å². The Kier molecular flexibility index (Phi) is 3.11. The third-order valence-corrected chi connectivity index (χ3v) is 2.51. The van der Waals surface area contributed by atoms with E-state index in [9.17, 15) is 13.2 Å². The lowest BCUT2D eigenvalue weighted by Crippen LogP contribution is -1.91. The van der Waals surface area contributed by atoms with E-state index in [0.717, 1.165) is 6.07 Å². The van der Waals surface area contributed by atoms with Crippen LogP contribution in [0.3, 0.4) is 0 Å². The van der Waals surface area contributed by atoms with E-state index in [-0.39, 0.29) is 21.8 Å². The van der Waals surface area contributed by atoms with Crippen molar-refractivity contribution in [1.29, 1.82) is 0 Å². The molecule has 0 bridgehead atoms. The second-order valence-electron chi connectivity index (χ2n) is 3.53. The van der Waals surface area contributed by atoms with Crippen LogP contribution in [-0.4, -0.2) is 9.78 Å². The smallest absolute Gasteiger partial charge is 0.267 e. The topological polar surface area (TPSA) is 17.8 Å². The zero-order chi connectivity index (χ0) is 12.6. The maximum Gasteiger partial charge on any atom is 0.267 e. The maximum absolute atomic E-state index is 13.6. The Hall–Kier alpha value is -1.49. The van der Waals surface area contributed by atoms with E-state index in [2.05, 4.69) is 5.10 Å². The number of hydrogen-bond donors (Lipinski definition) is 0. The molecule has 0 spiro atoms. The van der Waals surface area contributed by atoms with Gasteiger partial charge in [0, 0.05) is 23.8 Å². The van der Waals surface area contributed by atoms with Gasteiger partial charge in [-0.15, -0.1) is 0 Å². The Morgan fingerprint density at radius 2 is 2.06 bits per heavy atom. The molecule has 6 heteroatoms. The molecule has 0 N–H and O–H groups in total. The van der Waals surface area contributed by atoms with E-state index in [1.165, 1.54) is 30.1 Å². The van der Waals surface area contributed by atoms with Gasteiger partial charge in [-0.05, 0) is 18.2 Å². The summed E-state index contributed by atoms with van der Waals surface area (Å²) in [5.74, 6) is -0.630. The van der Waals surface area contributed by atoms with E-state index in [1.54, 1.807) is 0 Å². The molecular weight excluding hydrogens is 253 g/mol. The fourth-order valence-corrected chi connectivity index (χ4v) is 1.73. The lowest BCUT2D eigenvalue weighted by atomic mass is 10.1. The largest absolute Gasteiger partial charge is 0.275 e. The highest BCUT2D eigenvalue weighted by molar-refractivity contribution is 6.30. The third-order valence-electron chi connectivity index (χ3n) is 2.28. The maximum atomic E-state index is 13.6. The van der Waals surface area contributed by atoms with Crippen LogP contribution in [0.1, 0.15) is 12.0 Å². The van der Waals surface area contributed by atoms with Gasteiger partial charge >= 0.3 is 0 Å². The first-order chi connectivity index (χ1) is 7.99. The van der Waals surface area contributed by atoms with Crippen molar-refractivity contribution in [3.63, 3.8) is 0 Å².